The second-order valence-corrected chi connectivity index (χ2v) is 5.02. The standard InChI is InChI=1S/C13H19N3O2.ClH/c1-9-2-3-12(17)10(15-9)8-16-4-5-18-13-7-14-6-11(13)16;/h2-3,11,13-14,17H,4-8H2,1H3;1H/t11-,13+;/m1./s1. The topological polar surface area (TPSA) is 57.6 Å². The molecule has 3 rings (SSSR count). The molecule has 2 fully saturated rings. The summed E-state index contributed by atoms with van der Waals surface area (Å²) in [6.45, 7) is 6.18. The highest BCUT2D eigenvalue weighted by Gasteiger charge is 2.36. The zero-order valence-corrected chi connectivity index (χ0v) is 11.8. The number of fused-ring (bicyclic) bond motifs is 1. The number of pyridine rings is 1. The van der Waals surface area contributed by atoms with Crippen LogP contribution in [0.25, 0.3) is 0 Å². The highest BCUT2D eigenvalue weighted by molar-refractivity contribution is 5.85. The van der Waals surface area contributed by atoms with E-state index in [4.69, 9.17) is 4.74 Å². The first-order valence-corrected chi connectivity index (χ1v) is 6.46. The maximum absolute atomic E-state index is 9.87. The molecule has 2 aliphatic heterocycles. The molecule has 2 atom stereocenters. The summed E-state index contributed by atoms with van der Waals surface area (Å²) >= 11 is 0. The third-order valence-corrected chi connectivity index (χ3v) is 3.75. The Morgan fingerprint density at radius 3 is 3.16 bits per heavy atom. The molecular formula is C13H20ClN3O2. The number of nitrogens with one attached hydrogen (secondary N) is 1. The van der Waals surface area contributed by atoms with Gasteiger partial charge in [0, 0.05) is 31.9 Å². The molecule has 0 radical (unpaired) electrons. The highest BCUT2D eigenvalue weighted by Crippen LogP contribution is 2.23. The van der Waals surface area contributed by atoms with E-state index in [0.717, 1.165) is 37.6 Å². The van der Waals surface area contributed by atoms with E-state index in [1.165, 1.54) is 0 Å². The minimum absolute atomic E-state index is 0. The van der Waals surface area contributed by atoms with Crippen LogP contribution in [0.1, 0.15) is 11.4 Å². The summed E-state index contributed by atoms with van der Waals surface area (Å²) in [7, 11) is 0. The zero-order chi connectivity index (χ0) is 12.5. The van der Waals surface area contributed by atoms with E-state index in [-0.39, 0.29) is 24.3 Å². The van der Waals surface area contributed by atoms with Gasteiger partial charge < -0.3 is 15.2 Å². The Morgan fingerprint density at radius 1 is 1.47 bits per heavy atom. The number of ether oxygens (including phenoxy) is 1. The molecule has 5 nitrogen and oxygen atoms in total. The third-order valence-electron chi connectivity index (χ3n) is 3.75. The lowest BCUT2D eigenvalue weighted by molar-refractivity contribution is -0.0506. The van der Waals surface area contributed by atoms with Crippen LogP contribution in [-0.4, -0.2) is 53.4 Å². The quantitative estimate of drug-likeness (QED) is 0.837. The van der Waals surface area contributed by atoms with Crippen molar-refractivity contribution in [2.45, 2.75) is 25.6 Å². The van der Waals surface area contributed by atoms with Crippen LogP contribution in [0, 0.1) is 6.92 Å². The molecule has 1 aromatic heterocycles. The third kappa shape index (κ3) is 3.00. The van der Waals surface area contributed by atoms with Crippen LogP contribution >= 0.6 is 12.4 Å². The molecule has 1 aromatic rings. The molecule has 2 saturated heterocycles. The molecular weight excluding hydrogens is 266 g/mol. The van der Waals surface area contributed by atoms with Crippen molar-refractivity contribution >= 4 is 12.4 Å². The van der Waals surface area contributed by atoms with Gasteiger partial charge in [-0.1, -0.05) is 0 Å². The Kier molecular flexibility index (Phi) is 4.62. The van der Waals surface area contributed by atoms with Gasteiger partial charge in [0.1, 0.15) is 5.75 Å². The lowest BCUT2D eigenvalue weighted by Gasteiger charge is -2.36. The molecule has 0 aromatic carbocycles. The predicted molar refractivity (Wildman–Crippen MR) is 74.7 cm³/mol. The fourth-order valence-corrected chi connectivity index (χ4v) is 2.77. The number of hydrogen-bond acceptors (Lipinski definition) is 5. The normalized spacial score (nSPS) is 26.8. The first-order chi connectivity index (χ1) is 8.74. The Bertz CT molecular complexity index is 444. The molecule has 0 spiro atoms. The maximum Gasteiger partial charge on any atom is 0.138 e. The number of halogens is 1. The number of hydrogen-bond donors (Lipinski definition) is 2. The van der Waals surface area contributed by atoms with Crippen LogP contribution in [0.15, 0.2) is 12.1 Å². The van der Waals surface area contributed by atoms with Gasteiger partial charge in [0.15, 0.2) is 0 Å². The Morgan fingerprint density at radius 2 is 2.32 bits per heavy atom. The zero-order valence-electron chi connectivity index (χ0n) is 11.0. The summed E-state index contributed by atoms with van der Waals surface area (Å²) in [6, 6.07) is 3.96. The SMILES string of the molecule is Cc1ccc(O)c(CN2CCO[C@H]3CNC[C@H]32)n1.Cl. The molecule has 0 amide bonds. The first kappa shape index (κ1) is 14.5. The van der Waals surface area contributed by atoms with Crippen molar-refractivity contribution in [3.8, 4) is 5.75 Å². The van der Waals surface area contributed by atoms with Gasteiger partial charge in [-0.2, -0.15) is 0 Å². The van der Waals surface area contributed by atoms with Crippen molar-refractivity contribution in [2.75, 3.05) is 26.2 Å². The van der Waals surface area contributed by atoms with Gasteiger partial charge in [-0.15, -0.1) is 12.4 Å². The lowest BCUT2D eigenvalue weighted by Crippen LogP contribution is -2.50. The van der Waals surface area contributed by atoms with Gasteiger partial charge in [-0.25, -0.2) is 0 Å². The maximum atomic E-state index is 9.87. The van der Waals surface area contributed by atoms with Crippen molar-refractivity contribution < 1.29 is 9.84 Å². The van der Waals surface area contributed by atoms with Crippen LogP contribution in [0.4, 0.5) is 0 Å². The lowest BCUT2D eigenvalue weighted by atomic mass is 10.1. The molecule has 19 heavy (non-hydrogen) atoms. The van der Waals surface area contributed by atoms with Gasteiger partial charge in [-0.3, -0.25) is 9.88 Å². The van der Waals surface area contributed by atoms with Crippen LogP contribution in [-0.2, 0) is 11.3 Å². The molecule has 2 N–H and O–H groups in total. The van der Waals surface area contributed by atoms with Crippen LogP contribution < -0.4 is 5.32 Å². The number of aromatic nitrogens is 1. The van der Waals surface area contributed by atoms with E-state index >= 15 is 0 Å². The van der Waals surface area contributed by atoms with Gasteiger partial charge in [-0.05, 0) is 19.1 Å². The largest absolute Gasteiger partial charge is 0.506 e. The average Bonchev–Trinajstić information content (AvgIpc) is 2.83. The summed E-state index contributed by atoms with van der Waals surface area (Å²) in [5, 5.41) is 13.2. The fraction of sp³-hybridized carbons (Fsp3) is 0.615. The number of aryl methyl sites for hydroxylation is 1. The van der Waals surface area contributed by atoms with Crippen molar-refractivity contribution in [2.24, 2.45) is 0 Å². The fourth-order valence-electron chi connectivity index (χ4n) is 2.77. The summed E-state index contributed by atoms with van der Waals surface area (Å²) in [5.41, 5.74) is 1.71. The van der Waals surface area contributed by atoms with Crippen molar-refractivity contribution in [1.29, 1.82) is 0 Å². The van der Waals surface area contributed by atoms with Crippen LogP contribution in [0.3, 0.4) is 0 Å². The van der Waals surface area contributed by atoms with E-state index in [1.54, 1.807) is 6.07 Å². The Hall–Kier alpha value is -0.880. The molecule has 0 unspecified atom stereocenters. The summed E-state index contributed by atoms with van der Waals surface area (Å²) in [5.74, 6) is 0.287. The second kappa shape index (κ2) is 6.05. The second-order valence-electron chi connectivity index (χ2n) is 5.02. The number of rotatable bonds is 2. The summed E-state index contributed by atoms with van der Waals surface area (Å²) < 4.78 is 5.74. The van der Waals surface area contributed by atoms with Crippen molar-refractivity contribution in [3.63, 3.8) is 0 Å². The average molecular weight is 286 g/mol. The van der Waals surface area contributed by atoms with E-state index in [1.807, 2.05) is 13.0 Å². The van der Waals surface area contributed by atoms with Gasteiger partial charge in [0.05, 0.1) is 24.4 Å². The minimum Gasteiger partial charge on any atom is -0.506 e. The Labute approximate surface area is 119 Å². The summed E-state index contributed by atoms with van der Waals surface area (Å²) in [6.07, 6.45) is 0.283. The van der Waals surface area contributed by atoms with Crippen LogP contribution in [0.2, 0.25) is 0 Å². The predicted octanol–water partition coefficient (Wildman–Crippen LogP) is 0.690. The van der Waals surface area contributed by atoms with E-state index in [2.05, 4.69) is 15.2 Å². The monoisotopic (exact) mass is 285 g/mol. The van der Waals surface area contributed by atoms with E-state index in [9.17, 15) is 5.11 Å². The highest BCUT2D eigenvalue weighted by atomic mass is 35.5. The molecule has 2 aliphatic rings. The summed E-state index contributed by atoms with van der Waals surface area (Å²) in [4.78, 5) is 6.78. The number of morpholine rings is 1. The smallest absolute Gasteiger partial charge is 0.138 e. The van der Waals surface area contributed by atoms with E-state index < -0.39 is 0 Å². The number of aromatic hydroxyl groups is 1. The Balaban J connectivity index is 0.00000133. The number of nitrogens with zero attached hydrogens (tertiary/aromatic N) is 2. The van der Waals surface area contributed by atoms with Gasteiger partial charge >= 0.3 is 0 Å². The first-order valence-electron chi connectivity index (χ1n) is 6.46. The van der Waals surface area contributed by atoms with E-state index in [0.29, 0.717) is 12.6 Å². The minimum atomic E-state index is 0. The molecule has 106 valence electrons. The van der Waals surface area contributed by atoms with Crippen LogP contribution in [0.5, 0.6) is 5.75 Å². The van der Waals surface area contributed by atoms with Gasteiger partial charge in [0.2, 0.25) is 0 Å². The molecule has 3 heterocycles. The van der Waals surface area contributed by atoms with Crippen molar-refractivity contribution in [1.82, 2.24) is 15.2 Å². The molecule has 6 heteroatoms. The molecule has 0 saturated carbocycles. The van der Waals surface area contributed by atoms with Crippen molar-refractivity contribution in [3.05, 3.63) is 23.5 Å². The molecule has 0 bridgehead atoms. The molecule has 0 aliphatic carbocycles. The van der Waals surface area contributed by atoms with Gasteiger partial charge in [0.25, 0.3) is 0 Å².